The van der Waals surface area contributed by atoms with Gasteiger partial charge in [-0.15, -0.1) is 0 Å². The molecule has 0 atom stereocenters. The molecule has 0 bridgehead atoms. The Labute approximate surface area is 66.4 Å². The molecule has 0 amide bonds. The summed E-state index contributed by atoms with van der Waals surface area (Å²) in [6.07, 6.45) is 3.20. The molecule has 0 aromatic rings. The quantitative estimate of drug-likeness (QED) is 0.351. The van der Waals surface area contributed by atoms with Gasteiger partial charge in [0.15, 0.2) is 0 Å². The third-order valence-corrected chi connectivity index (χ3v) is 1.36. The average molecular weight is 159 g/mol. The van der Waals surface area contributed by atoms with Crippen molar-refractivity contribution in [3.8, 4) is 0 Å². The van der Waals surface area contributed by atoms with Crippen LogP contribution in [0.4, 0.5) is 0 Å². The molecular weight excluding hydrogens is 148 g/mol. The lowest BCUT2D eigenvalue weighted by Crippen LogP contribution is -2.00. The van der Waals surface area contributed by atoms with E-state index < -0.39 is 5.24 Å². The van der Waals surface area contributed by atoms with Crippen LogP contribution < -0.4 is 0 Å². The van der Waals surface area contributed by atoms with E-state index in [9.17, 15) is 4.79 Å². The minimum Gasteiger partial charge on any atom is -0.276 e. The summed E-state index contributed by atoms with van der Waals surface area (Å²) in [6.45, 7) is 7.30. The maximum atomic E-state index is 10.6. The molecule has 0 unspecified atom stereocenters. The average Bonchev–Trinajstić information content (AvgIpc) is 1.81. The highest BCUT2D eigenvalue weighted by molar-refractivity contribution is 6.67. The lowest BCUT2D eigenvalue weighted by atomic mass is 10.0. The highest BCUT2D eigenvalue weighted by Gasteiger charge is 2.08. The summed E-state index contributed by atoms with van der Waals surface area (Å²) in [5.74, 6) is 0.169. The highest BCUT2D eigenvalue weighted by Crippen LogP contribution is 2.12. The standard InChI is InChI=1S/C8H11ClO/c1-4-5-7(6(2)3)8(9)10/h4-6H,1H2,2-3H3/b7-5+. The first-order valence-corrected chi connectivity index (χ1v) is 3.49. The van der Waals surface area contributed by atoms with Gasteiger partial charge in [0, 0.05) is 5.57 Å². The van der Waals surface area contributed by atoms with Crippen molar-refractivity contribution in [2.45, 2.75) is 13.8 Å². The highest BCUT2D eigenvalue weighted by atomic mass is 35.5. The van der Waals surface area contributed by atoms with Crippen molar-refractivity contribution in [1.82, 2.24) is 0 Å². The van der Waals surface area contributed by atoms with E-state index >= 15 is 0 Å². The Balaban J connectivity index is 4.41. The second-order valence-electron chi connectivity index (χ2n) is 2.29. The third-order valence-electron chi connectivity index (χ3n) is 1.15. The third kappa shape index (κ3) is 2.83. The number of rotatable bonds is 3. The van der Waals surface area contributed by atoms with E-state index in [-0.39, 0.29) is 5.92 Å². The fourth-order valence-electron chi connectivity index (χ4n) is 0.612. The van der Waals surface area contributed by atoms with Gasteiger partial charge >= 0.3 is 0 Å². The van der Waals surface area contributed by atoms with Gasteiger partial charge in [-0.1, -0.05) is 32.6 Å². The van der Waals surface area contributed by atoms with Gasteiger partial charge < -0.3 is 0 Å². The van der Waals surface area contributed by atoms with Crippen molar-refractivity contribution < 1.29 is 4.79 Å². The molecule has 0 saturated carbocycles. The predicted molar refractivity (Wildman–Crippen MR) is 44.0 cm³/mol. The summed E-state index contributed by atoms with van der Waals surface area (Å²) in [5.41, 5.74) is 0.608. The molecule has 0 radical (unpaired) electrons. The van der Waals surface area contributed by atoms with Crippen LogP contribution in [0.5, 0.6) is 0 Å². The van der Waals surface area contributed by atoms with Gasteiger partial charge in [0.25, 0.3) is 0 Å². The Kier molecular flexibility index (Phi) is 4.05. The molecule has 0 aromatic heterocycles. The van der Waals surface area contributed by atoms with Gasteiger partial charge in [-0.3, -0.25) is 4.79 Å². The van der Waals surface area contributed by atoms with Crippen molar-refractivity contribution >= 4 is 16.8 Å². The van der Waals surface area contributed by atoms with E-state index in [0.717, 1.165) is 0 Å². The number of allylic oxidation sites excluding steroid dienone is 3. The Morgan fingerprint density at radius 2 is 2.10 bits per heavy atom. The molecular formula is C8H11ClO. The molecule has 0 N–H and O–H groups in total. The number of hydrogen-bond acceptors (Lipinski definition) is 1. The van der Waals surface area contributed by atoms with Crippen molar-refractivity contribution in [3.63, 3.8) is 0 Å². The molecule has 0 rings (SSSR count). The molecule has 0 saturated heterocycles. The number of halogens is 1. The summed E-state index contributed by atoms with van der Waals surface area (Å²) in [7, 11) is 0. The molecule has 0 spiro atoms. The maximum absolute atomic E-state index is 10.6. The second kappa shape index (κ2) is 4.29. The van der Waals surface area contributed by atoms with Crippen LogP contribution in [0.15, 0.2) is 24.3 Å². The van der Waals surface area contributed by atoms with Gasteiger partial charge in [0.1, 0.15) is 0 Å². The van der Waals surface area contributed by atoms with E-state index in [2.05, 4.69) is 6.58 Å². The van der Waals surface area contributed by atoms with Crippen LogP contribution in [0, 0.1) is 5.92 Å². The van der Waals surface area contributed by atoms with Gasteiger partial charge in [-0.25, -0.2) is 0 Å². The minimum atomic E-state index is -0.394. The van der Waals surface area contributed by atoms with E-state index in [0.29, 0.717) is 5.57 Å². The van der Waals surface area contributed by atoms with Crippen LogP contribution >= 0.6 is 11.6 Å². The van der Waals surface area contributed by atoms with E-state index in [1.54, 1.807) is 12.2 Å². The largest absolute Gasteiger partial charge is 0.276 e. The maximum Gasteiger partial charge on any atom is 0.248 e. The minimum absolute atomic E-state index is 0.169. The van der Waals surface area contributed by atoms with Crippen LogP contribution in [0.25, 0.3) is 0 Å². The van der Waals surface area contributed by atoms with Crippen LogP contribution in [-0.2, 0) is 4.79 Å². The first-order chi connectivity index (χ1) is 4.59. The first kappa shape index (κ1) is 9.44. The predicted octanol–water partition coefficient (Wildman–Crippen LogP) is 2.52. The van der Waals surface area contributed by atoms with Crippen molar-refractivity contribution in [3.05, 3.63) is 24.3 Å². The lowest BCUT2D eigenvalue weighted by Gasteiger charge is -2.03. The summed E-state index contributed by atoms with van der Waals surface area (Å²) in [5, 5.41) is -0.394. The summed E-state index contributed by atoms with van der Waals surface area (Å²) in [4.78, 5) is 10.6. The fourth-order valence-corrected chi connectivity index (χ4v) is 0.893. The van der Waals surface area contributed by atoms with E-state index in [1.165, 1.54) is 0 Å². The summed E-state index contributed by atoms with van der Waals surface area (Å²) in [6, 6.07) is 0. The molecule has 0 aliphatic carbocycles. The molecule has 0 aromatic carbocycles. The molecule has 0 aliphatic heterocycles. The van der Waals surface area contributed by atoms with Gasteiger partial charge in [-0.05, 0) is 17.5 Å². The van der Waals surface area contributed by atoms with E-state index in [1.807, 2.05) is 13.8 Å². The van der Waals surface area contributed by atoms with Crippen LogP contribution in [0.1, 0.15) is 13.8 Å². The van der Waals surface area contributed by atoms with Gasteiger partial charge in [0.05, 0.1) is 0 Å². The summed E-state index contributed by atoms with van der Waals surface area (Å²) < 4.78 is 0. The SMILES string of the molecule is C=C/C=C(/C(=O)Cl)C(C)C. The molecule has 56 valence electrons. The lowest BCUT2D eigenvalue weighted by molar-refractivity contribution is -0.108. The second-order valence-corrected chi connectivity index (χ2v) is 2.63. The normalized spacial score (nSPS) is 11.8. The number of carbonyl (C=O) groups is 1. The Hall–Kier alpha value is -0.560. The monoisotopic (exact) mass is 158 g/mol. The molecule has 2 heteroatoms. The van der Waals surface area contributed by atoms with Crippen LogP contribution in [0.2, 0.25) is 0 Å². The molecule has 1 nitrogen and oxygen atoms in total. The molecule has 0 fully saturated rings. The first-order valence-electron chi connectivity index (χ1n) is 3.12. The van der Waals surface area contributed by atoms with Gasteiger partial charge in [-0.2, -0.15) is 0 Å². The molecule has 0 aliphatic rings. The van der Waals surface area contributed by atoms with Crippen molar-refractivity contribution in [1.29, 1.82) is 0 Å². The zero-order chi connectivity index (χ0) is 8.15. The summed E-state index contributed by atoms with van der Waals surface area (Å²) >= 11 is 5.26. The number of carbonyl (C=O) groups excluding carboxylic acids is 1. The Morgan fingerprint density at radius 3 is 2.20 bits per heavy atom. The zero-order valence-electron chi connectivity index (χ0n) is 6.23. The Morgan fingerprint density at radius 1 is 1.60 bits per heavy atom. The van der Waals surface area contributed by atoms with E-state index in [4.69, 9.17) is 11.6 Å². The topological polar surface area (TPSA) is 17.1 Å². The zero-order valence-corrected chi connectivity index (χ0v) is 6.98. The smallest absolute Gasteiger partial charge is 0.248 e. The number of hydrogen-bond donors (Lipinski definition) is 0. The molecule has 10 heavy (non-hydrogen) atoms. The van der Waals surface area contributed by atoms with Crippen LogP contribution in [-0.4, -0.2) is 5.24 Å². The Bertz CT molecular complexity index is 168. The van der Waals surface area contributed by atoms with Crippen LogP contribution in [0.3, 0.4) is 0 Å². The van der Waals surface area contributed by atoms with Crippen molar-refractivity contribution in [2.75, 3.05) is 0 Å². The van der Waals surface area contributed by atoms with Crippen molar-refractivity contribution in [2.24, 2.45) is 5.92 Å². The molecule has 0 heterocycles. The fraction of sp³-hybridized carbons (Fsp3) is 0.375. The van der Waals surface area contributed by atoms with Gasteiger partial charge in [0.2, 0.25) is 5.24 Å².